The Bertz CT molecular complexity index is 469. The van der Waals surface area contributed by atoms with Gasteiger partial charge in [0, 0.05) is 21.1 Å². The van der Waals surface area contributed by atoms with Gasteiger partial charge < -0.3 is 14.9 Å². The van der Waals surface area contributed by atoms with Gasteiger partial charge in [-0.3, -0.25) is 4.79 Å². The third-order valence-electron chi connectivity index (χ3n) is 2.66. The SMILES string of the molecule is Cc1ccc(N(C)CC(=O)N(C)C)c(C(=O)O)c1. The van der Waals surface area contributed by atoms with Gasteiger partial charge in [0.15, 0.2) is 0 Å². The predicted molar refractivity (Wildman–Crippen MR) is 70.1 cm³/mol. The van der Waals surface area contributed by atoms with E-state index in [1.54, 1.807) is 38.2 Å². The lowest BCUT2D eigenvalue weighted by molar-refractivity contribution is -0.127. The van der Waals surface area contributed by atoms with Gasteiger partial charge in [0.2, 0.25) is 5.91 Å². The molecule has 0 saturated heterocycles. The topological polar surface area (TPSA) is 60.9 Å². The molecule has 5 heteroatoms. The lowest BCUT2D eigenvalue weighted by Crippen LogP contribution is -2.35. The molecule has 0 fully saturated rings. The minimum Gasteiger partial charge on any atom is -0.478 e. The van der Waals surface area contributed by atoms with Crippen molar-refractivity contribution in [3.05, 3.63) is 29.3 Å². The highest BCUT2D eigenvalue weighted by molar-refractivity contribution is 5.95. The fourth-order valence-corrected chi connectivity index (χ4v) is 1.58. The molecule has 98 valence electrons. The first kappa shape index (κ1) is 14.0. The Morgan fingerprint density at radius 2 is 1.83 bits per heavy atom. The molecule has 5 nitrogen and oxygen atoms in total. The van der Waals surface area contributed by atoms with Crippen molar-refractivity contribution in [3.8, 4) is 0 Å². The van der Waals surface area contributed by atoms with Crippen LogP contribution >= 0.6 is 0 Å². The molecule has 1 amide bonds. The summed E-state index contributed by atoms with van der Waals surface area (Å²) in [5.74, 6) is -1.06. The lowest BCUT2D eigenvalue weighted by Gasteiger charge is -2.22. The fourth-order valence-electron chi connectivity index (χ4n) is 1.58. The third kappa shape index (κ3) is 3.23. The van der Waals surface area contributed by atoms with Gasteiger partial charge in [-0.1, -0.05) is 11.6 Å². The lowest BCUT2D eigenvalue weighted by atomic mass is 10.1. The molecule has 0 saturated carbocycles. The number of likely N-dealkylation sites (N-methyl/N-ethyl adjacent to an activating group) is 2. The van der Waals surface area contributed by atoms with E-state index in [-0.39, 0.29) is 18.0 Å². The largest absolute Gasteiger partial charge is 0.478 e. The Morgan fingerprint density at radius 1 is 1.22 bits per heavy atom. The molecule has 0 unspecified atom stereocenters. The Morgan fingerprint density at radius 3 is 2.33 bits per heavy atom. The van der Waals surface area contributed by atoms with Crippen LogP contribution in [0.2, 0.25) is 0 Å². The molecular weight excluding hydrogens is 232 g/mol. The van der Waals surface area contributed by atoms with Gasteiger partial charge in [-0.25, -0.2) is 4.79 Å². The number of carboxylic acids is 1. The zero-order valence-electron chi connectivity index (χ0n) is 11.1. The molecule has 18 heavy (non-hydrogen) atoms. The quantitative estimate of drug-likeness (QED) is 0.872. The molecule has 1 aromatic carbocycles. The maximum atomic E-state index is 11.6. The number of nitrogens with zero attached hydrogens (tertiary/aromatic N) is 2. The molecule has 0 bridgehead atoms. The average molecular weight is 250 g/mol. The number of hydrogen-bond donors (Lipinski definition) is 1. The zero-order valence-corrected chi connectivity index (χ0v) is 11.1. The van der Waals surface area contributed by atoms with Gasteiger partial charge in [-0.05, 0) is 19.1 Å². The van der Waals surface area contributed by atoms with Gasteiger partial charge in [0.1, 0.15) is 0 Å². The monoisotopic (exact) mass is 250 g/mol. The Hall–Kier alpha value is -2.04. The van der Waals surface area contributed by atoms with E-state index in [9.17, 15) is 9.59 Å². The van der Waals surface area contributed by atoms with Crippen molar-refractivity contribution in [2.24, 2.45) is 0 Å². The van der Waals surface area contributed by atoms with Crippen LogP contribution in [0.4, 0.5) is 5.69 Å². The standard InChI is InChI=1S/C13H18N2O3/c1-9-5-6-11(10(7-9)13(17)18)15(4)8-12(16)14(2)3/h5-7H,8H2,1-4H3,(H,17,18). The second-order valence-corrected chi connectivity index (χ2v) is 4.47. The van der Waals surface area contributed by atoms with Crippen molar-refractivity contribution >= 4 is 17.6 Å². The number of hydrogen-bond acceptors (Lipinski definition) is 3. The molecule has 0 radical (unpaired) electrons. The summed E-state index contributed by atoms with van der Waals surface area (Å²) in [6, 6.07) is 5.16. The molecule has 1 N–H and O–H groups in total. The highest BCUT2D eigenvalue weighted by Gasteiger charge is 2.16. The highest BCUT2D eigenvalue weighted by Crippen LogP contribution is 2.21. The van der Waals surface area contributed by atoms with Crippen LogP contribution in [0.1, 0.15) is 15.9 Å². The molecule has 0 heterocycles. The molecular formula is C13H18N2O3. The van der Waals surface area contributed by atoms with Gasteiger partial charge in [0.05, 0.1) is 17.8 Å². The summed E-state index contributed by atoms with van der Waals surface area (Å²) in [6.07, 6.45) is 0. The van der Waals surface area contributed by atoms with E-state index < -0.39 is 5.97 Å². The second kappa shape index (κ2) is 5.53. The van der Waals surface area contributed by atoms with E-state index in [2.05, 4.69) is 0 Å². The second-order valence-electron chi connectivity index (χ2n) is 4.47. The molecule has 0 spiro atoms. The summed E-state index contributed by atoms with van der Waals surface area (Å²) in [4.78, 5) is 25.9. The predicted octanol–water partition coefficient (Wildman–Crippen LogP) is 1.22. The smallest absolute Gasteiger partial charge is 0.337 e. The number of carbonyl (C=O) groups is 2. The van der Waals surface area contributed by atoms with Crippen molar-refractivity contribution in [2.45, 2.75) is 6.92 Å². The van der Waals surface area contributed by atoms with Crippen LogP contribution in [0.5, 0.6) is 0 Å². The first-order valence-electron chi connectivity index (χ1n) is 5.58. The van der Waals surface area contributed by atoms with Crippen molar-refractivity contribution < 1.29 is 14.7 Å². The number of aryl methyl sites for hydroxylation is 1. The van der Waals surface area contributed by atoms with E-state index in [0.29, 0.717) is 5.69 Å². The minimum atomic E-state index is -0.988. The molecule has 0 atom stereocenters. The molecule has 1 aromatic rings. The normalized spacial score (nSPS) is 10.0. The molecule has 1 rings (SSSR count). The summed E-state index contributed by atoms with van der Waals surface area (Å²) in [5, 5.41) is 9.16. The summed E-state index contributed by atoms with van der Waals surface area (Å²) in [5.41, 5.74) is 1.64. The summed E-state index contributed by atoms with van der Waals surface area (Å²) in [7, 11) is 5.05. The van der Waals surface area contributed by atoms with Crippen molar-refractivity contribution in [1.29, 1.82) is 0 Å². The summed E-state index contributed by atoms with van der Waals surface area (Å²) < 4.78 is 0. The molecule has 0 aliphatic rings. The fraction of sp³-hybridized carbons (Fsp3) is 0.385. The van der Waals surface area contributed by atoms with Crippen LogP contribution in [0.3, 0.4) is 0 Å². The molecule has 0 aliphatic heterocycles. The molecule has 0 aromatic heterocycles. The minimum absolute atomic E-state index is 0.0746. The van der Waals surface area contributed by atoms with Gasteiger partial charge >= 0.3 is 5.97 Å². The first-order valence-corrected chi connectivity index (χ1v) is 5.58. The highest BCUT2D eigenvalue weighted by atomic mass is 16.4. The summed E-state index contributed by atoms with van der Waals surface area (Å²) in [6.45, 7) is 1.98. The molecule has 0 aliphatic carbocycles. The maximum absolute atomic E-state index is 11.6. The number of carbonyl (C=O) groups excluding carboxylic acids is 1. The zero-order chi connectivity index (χ0) is 13.9. The number of anilines is 1. The van der Waals surface area contributed by atoms with E-state index >= 15 is 0 Å². The van der Waals surface area contributed by atoms with Crippen LogP contribution in [0.15, 0.2) is 18.2 Å². The Kier molecular flexibility index (Phi) is 4.31. The average Bonchev–Trinajstić information content (AvgIpc) is 2.28. The number of amides is 1. The maximum Gasteiger partial charge on any atom is 0.337 e. The van der Waals surface area contributed by atoms with Crippen LogP contribution in [0, 0.1) is 6.92 Å². The number of aromatic carboxylic acids is 1. The van der Waals surface area contributed by atoms with E-state index in [1.807, 2.05) is 13.0 Å². The summed E-state index contributed by atoms with van der Waals surface area (Å²) >= 11 is 0. The first-order chi connectivity index (χ1) is 8.32. The Labute approximate surface area is 107 Å². The Balaban J connectivity index is 3.02. The van der Waals surface area contributed by atoms with Crippen molar-refractivity contribution in [1.82, 2.24) is 4.90 Å². The van der Waals surface area contributed by atoms with Crippen LogP contribution < -0.4 is 4.90 Å². The number of benzene rings is 1. The van der Waals surface area contributed by atoms with E-state index in [4.69, 9.17) is 5.11 Å². The number of rotatable bonds is 4. The van der Waals surface area contributed by atoms with E-state index in [0.717, 1.165) is 5.56 Å². The third-order valence-corrected chi connectivity index (χ3v) is 2.66. The van der Waals surface area contributed by atoms with Crippen molar-refractivity contribution in [2.75, 3.05) is 32.6 Å². The van der Waals surface area contributed by atoms with Crippen LogP contribution in [-0.2, 0) is 4.79 Å². The van der Waals surface area contributed by atoms with Gasteiger partial charge in [0.25, 0.3) is 0 Å². The number of carboxylic acid groups (broad SMARTS) is 1. The van der Waals surface area contributed by atoms with E-state index in [1.165, 1.54) is 4.90 Å². The van der Waals surface area contributed by atoms with Crippen molar-refractivity contribution in [3.63, 3.8) is 0 Å². The van der Waals surface area contributed by atoms with Crippen LogP contribution in [-0.4, -0.2) is 49.6 Å². The van der Waals surface area contributed by atoms with Gasteiger partial charge in [-0.2, -0.15) is 0 Å². The van der Waals surface area contributed by atoms with Crippen LogP contribution in [0.25, 0.3) is 0 Å². The van der Waals surface area contributed by atoms with Gasteiger partial charge in [-0.15, -0.1) is 0 Å².